The number of sulfonamides is 1. The van der Waals surface area contributed by atoms with E-state index >= 15 is 0 Å². The van der Waals surface area contributed by atoms with Crippen molar-refractivity contribution in [3.63, 3.8) is 0 Å². The number of primary amides is 1. The summed E-state index contributed by atoms with van der Waals surface area (Å²) < 4.78 is 33.5. The van der Waals surface area contributed by atoms with Gasteiger partial charge < -0.3 is 15.8 Å². The van der Waals surface area contributed by atoms with E-state index in [-0.39, 0.29) is 11.5 Å². The monoisotopic (exact) mass is 473 g/mol. The van der Waals surface area contributed by atoms with Gasteiger partial charge in [-0.1, -0.05) is 23.7 Å². The molecule has 0 atom stereocenters. The first-order valence-electron chi connectivity index (χ1n) is 9.35. The Balaban J connectivity index is 1.68. The number of carbonyl (C=O) groups is 2. The first-order valence-corrected chi connectivity index (χ1v) is 11.2. The van der Waals surface area contributed by atoms with E-state index in [1.165, 1.54) is 36.4 Å². The topological polar surface area (TPSA) is 128 Å². The molecule has 0 spiro atoms. The molecule has 0 heterocycles. The molecule has 0 unspecified atom stereocenters. The standard InChI is InChI=1S/C22H20ClN3O5S/c1-14-5-8-17(12-20(14)32(29,30)26-18-4-2-3-16(23)11-18)25-21(27)13-31-19-9-6-15(7-10-19)22(24)28/h2-12,26H,13H2,1H3,(H2,24,28)(H,25,27). The average molecular weight is 474 g/mol. The Kier molecular flexibility index (Phi) is 7.01. The van der Waals surface area contributed by atoms with E-state index < -0.39 is 21.8 Å². The number of carbonyl (C=O) groups excluding carboxylic acids is 2. The van der Waals surface area contributed by atoms with E-state index in [1.54, 1.807) is 37.3 Å². The van der Waals surface area contributed by atoms with Crippen LogP contribution in [0.2, 0.25) is 5.02 Å². The number of hydrogen-bond donors (Lipinski definition) is 3. The minimum Gasteiger partial charge on any atom is -0.484 e. The highest BCUT2D eigenvalue weighted by Gasteiger charge is 2.18. The molecule has 8 nitrogen and oxygen atoms in total. The molecule has 0 aromatic heterocycles. The molecule has 0 bridgehead atoms. The van der Waals surface area contributed by atoms with Gasteiger partial charge >= 0.3 is 0 Å². The molecule has 0 saturated heterocycles. The van der Waals surface area contributed by atoms with Crippen molar-refractivity contribution in [2.75, 3.05) is 16.6 Å². The van der Waals surface area contributed by atoms with Crippen LogP contribution in [0.5, 0.6) is 5.75 Å². The van der Waals surface area contributed by atoms with Crippen molar-refractivity contribution in [2.45, 2.75) is 11.8 Å². The molecule has 2 amide bonds. The van der Waals surface area contributed by atoms with E-state index in [9.17, 15) is 18.0 Å². The van der Waals surface area contributed by atoms with Gasteiger partial charge in [-0.3, -0.25) is 14.3 Å². The van der Waals surface area contributed by atoms with Crippen molar-refractivity contribution in [2.24, 2.45) is 5.73 Å². The van der Waals surface area contributed by atoms with Crippen molar-refractivity contribution in [3.05, 3.63) is 82.9 Å². The van der Waals surface area contributed by atoms with Gasteiger partial charge in [0.2, 0.25) is 5.91 Å². The summed E-state index contributed by atoms with van der Waals surface area (Å²) in [4.78, 5) is 23.3. The van der Waals surface area contributed by atoms with Gasteiger partial charge in [-0.15, -0.1) is 0 Å². The number of hydrogen-bond acceptors (Lipinski definition) is 5. The zero-order valence-electron chi connectivity index (χ0n) is 17.0. The smallest absolute Gasteiger partial charge is 0.262 e. The van der Waals surface area contributed by atoms with Gasteiger partial charge in [-0.25, -0.2) is 8.42 Å². The van der Waals surface area contributed by atoms with Crippen LogP contribution in [0.4, 0.5) is 11.4 Å². The van der Waals surface area contributed by atoms with Crippen LogP contribution >= 0.6 is 11.6 Å². The molecule has 3 rings (SSSR count). The highest BCUT2D eigenvalue weighted by atomic mass is 35.5. The molecule has 32 heavy (non-hydrogen) atoms. The molecule has 3 aromatic carbocycles. The number of nitrogens with two attached hydrogens (primary N) is 1. The predicted molar refractivity (Wildman–Crippen MR) is 123 cm³/mol. The largest absolute Gasteiger partial charge is 0.484 e. The number of rotatable bonds is 8. The van der Waals surface area contributed by atoms with Crippen LogP contribution < -0.4 is 20.5 Å². The quantitative estimate of drug-likeness (QED) is 0.460. The number of amides is 2. The first kappa shape index (κ1) is 23.1. The zero-order chi connectivity index (χ0) is 23.3. The minimum atomic E-state index is -3.91. The van der Waals surface area contributed by atoms with Gasteiger partial charge in [0.05, 0.1) is 10.6 Å². The summed E-state index contributed by atoms with van der Waals surface area (Å²) in [5, 5.41) is 3.00. The second-order valence-corrected chi connectivity index (χ2v) is 8.91. The fourth-order valence-electron chi connectivity index (χ4n) is 2.79. The molecular formula is C22H20ClN3O5S. The van der Waals surface area contributed by atoms with Gasteiger partial charge in [0.15, 0.2) is 6.61 Å². The summed E-state index contributed by atoms with van der Waals surface area (Å²) in [6, 6.07) is 16.9. The third-order valence-corrected chi connectivity index (χ3v) is 6.11. The third kappa shape index (κ3) is 5.99. The molecule has 4 N–H and O–H groups in total. The second kappa shape index (κ2) is 9.71. The summed E-state index contributed by atoms with van der Waals surface area (Å²) >= 11 is 5.91. The molecular weight excluding hydrogens is 454 g/mol. The fraction of sp³-hybridized carbons (Fsp3) is 0.0909. The molecule has 166 valence electrons. The van der Waals surface area contributed by atoms with Crippen LogP contribution in [-0.2, 0) is 14.8 Å². The number of halogens is 1. The second-order valence-electron chi connectivity index (χ2n) is 6.82. The van der Waals surface area contributed by atoms with E-state index in [0.717, 1.165) is 0 Å². The zero-order valence-corrected chi connectivity index (χ0v) is 18.5. The maximum atomic E-state index is 12.8. The van der Waals surface area contributed by atoms with Gasteiger partial charge in [0.1, 0.15) is 5.75 Å². The molecule has 0 aliphatic rings. The Morgan fingerprint density at radius 2 is 1.72 bits per heavy atom. The van der Waals surface area contributed by atoms with Crippen LogP contribution in [0.25, 0.3) is 0 Å². The van der Waals surface area contributed by atoms with Crippen LogP contribution in [0, 0.1) is 6.92 Å². The lowest BCUT2D eigenvalue weighted by Gasteiger charge is -2.13. The van der Waals surface area contributed by atoms with Crippen molar-refractivity contribution in [1.82, 2.24) is 0 Å². The van der Waals surface area contributed by atoms with Crippen molar-refractivity contribution >= 4 is 44.8 Å². The van der Waals surface area contributed by atoms with E-state index in [4.69, 9.17) is 22.1 Å². The highest BCUT2D eigenvalue weighted by Crippen LogP contribution is 2.24. The summed E-state index contributed by atoms with van der Waals surface area (Å²) in [5.74, 6) is -0.675. The van der Waals surface area contributed by atoms with Crippen molar-refractivity contribution in [3.8, 4) is 5.75 Å². The number of aryl methyl sites for hydroxylation is 1. The molecule has 3 aromatic rings. The maximum absolute atomic E-state index is 12.8. The van der Waals surface area contributed by atoms with Crippen molar-refractivity contribution in [1.29, 1.82) is 0 Å². The summed E-state index contributed by atoms with van der Waals surface area (Å²) in [5.41, 5.74) is 6.61. The molecule has 10 heteroatoms. The number of nitrogens with one attached hydrogen (secondary N) is 2. The highest BCUT2D eigenvalue weighted by molar-refractivity contribution is 7.92. The first-order chi connectivity index (χ1) is 15.1. The average Bonchev–Trinajstić information content (AvgIpc) is 2.73. The maximum Gasteiger partial charge on any atom is 0.262 e. The molecule has 0 aliphatic carbocycles. The normalized spacial score (nSPS) is 10.9. The Morgan fingerprint density at radius 1 is 1.00 bits per heavy atom. The van der Waals surface area contributed by atoms with Crippen LogP contribution in [0.15, 0.2) is 71.6 Å². The third-order valence-electron chi connectivity index (χ3n) is 4.35. The minimum absolute atomic E-state index is 0.0123. The Hall–Kier alpha value is -3.56. The SMILES string of the molecule is Cc1ccc(NC(=O)COc2ccc(C(N)=O)cc2)cc1S(=O)(=O)Nc1cccc(Cl)c1. The number of ether oxygens (including phenoxy) is 1. The fourth-order valence-corrected chi connectivity index (χ4v) is 4.30. The lowest BCUT2D eigenvalue weighted by atomic mass is 10.2. The molecule has 0 radical (unpaired) electrons. The van der Waals surface area contributed by atoms with E-state index in [0.29, 0.717) is 33.3 Å². The van der Waals surface area contributed by atoms with Crippen molar-refractivity contribution < 1.29 is 22.7 Å². The van der Waals surface area contributed by atoms with Gasteiger partial charge in [0, 0.05) is 16.3 Å². The summed E-state index contributed by atoms with van der Waals surface area (Å²) in [6.45, 7) is 1.34. The van der Waals surface area contributed by atoms with E-state index in [2.05, 4.69) is 10.0 Å². The molecule has 0 aliphatic heterocycles. The van der Waals surface area contributed by atoms with Crippen LogP contribution in [0.1, 0.15) is 15.9 Å². The molecule has 0 saturated carbocycles. The Bertz CT molecular complexity index is 1260. The lowest BCUT2D eigenvalue weighted by molar-refractivity contribution is -0.118. The van der Waals surface area contributed by atoms with Crippen LogP contribution in [0.3, 0.4) is 0 Å². The molecule has 0 fully saturated rings. The van der Waals surface area contributed by atoms with Crippen LogP contribution in [-0.4, -0.2) is 26.8 Å². The lowest BCUT2D eigenvalue weighted by Crippen LogP contribution is -2.21. The predicted octanol–water partition coefficient (Wildman–Crippen LogP) is 3.57. The van der Waals surface area contributed by atoms with Gasteiger partial charge in [-0.05, 0) is 67.1 Å². The summed E-state index contributed by atoms with van der Waals surface area (Å²) in [6.07, 6.45) is 0. The van der Waals surface area contributed by atoms with Gasteiger partial charge in [-0.2, -0.15) is 0 Å². The Labute approximate surface area is 190 Å². The summed E-state index contributed by atoms with van der Waals surface area (Å²) in [7, 11) is -3.91. The van der Waals surface area contributed by atoms with E-state index in [1.807, 2.05) is 0 Å². The number of benzene rings is 3. The number of anilines is 2. The van der Waals surface area contributed by atoms with Gasteiger partial charge in [0.25, 0.3) is 15.9 Å². The Morgan fingerprint density at radius 3 is 2.38 bits per heavy atom.